The highest BCUT2D eigenvalue weighted by molar-refractivity contribution is 7.15. The summed E-state index contributed by atoms with van der Waals surface area (Å²) in [6, 6.07) is 3.66. The number of carbonyl (C=O) groups excluding carboxylic acids is 1. The molecule has 3 aromatic heterocycles. The highest BCUT2D eigenvalue weighted by Crippen LogP contribution is 2.23. The van der Waals surface area contributed by atoms with Gasteiger partial charge in [0.15, 0.2) is 0 Å². The summed E-state index contributed by atoms with van der Waals surface area (Å²) in [6.45, 7) is 1.87. The fourth-order valence-electron chi connectivity index (χ4n) is 2.10. The molecule has 0 saturated heterocycles. The molecular formula is C16H18N6O3S. The molecule has 0 fully saturated rings. The first kappa shape index (κ1) is 18.1. The van der Waals surface area contributed by atoms with Gasteiger partial charge < -0.3 is 14.6 Å². The van der Waals surface area contributed by atoms with Crippen LogP contribution in [0.15, 0.2) is 29.0 Å². The second-order valence-electron chi connectivity index (χ2n) is 5.48. The van der Waals surface area contributed by atoms with Gasteiger partial charge in [-0.3, -0.25) is 9.78 Å². The Labute approximate surface area is 153 Å². The number of rotatable bonds is 8. The van der Waals surface area contributed by atoms with Gasteiger partial charge in [0.2, 0.25) is 22.8 Å². The third-order valence-electron chi connectivity index (χ3n) is 3.57. The van der Waals surface area contributed by atoms with Gasteiger partial charge in [-0.15, -0.1) is 10.2 Å². The third kappa shape index (κ3) is 4.67. The van der Waals surface area contributed by atoms with Crippen LogP contribution in [0.4, 0.5) is 5.13 Å². The molecule has 0 aliphatic heterocycles. The topological polar surface area (TPSA) is 116 Å². The Hall–Kier alpha value is -2.72. The number of nitrogens with zero attached hydrogens (tertiary/aromatic N) is 5. The standard InChI is InChI=1S/C16H18N6O3S/c1-10(24-2)15-20-21-16(26-15)18-12(23)6-3-7-13-19-14(22-25-13)11-5-4-8-17-9-11/h4-5,8-10H,3,6-7H2,1-2H3,(H,18,21,23). The van der Waals surface area contributed by atoms with Gasteiger partial charge in [0.25, 0.3) is 0 Å². The van der Waals surface area contributed by atoms with Crippen LogP contribution in [0.2, 0.25) is 0 Å². The van der Waals surface area contributed by atoms with E-state index in [9.17, 15) is 4.79 Å². The van der Waals surface area contributed by atoms with Gasteiger partial charge in [-0.05, 0) is 25.5 Å². The minimum atomic E-state index is -0.148. The molecule has 3 aromatic rings. The molecule has 9 nitrogen and oxygen atoms in total. The van der Waals surface area contributed by atoms with Crippen LogP contribution in [0, 0.1) is 0 Å². The predicted molar refractivity (Wildman–Crippen MR) is 94.4 cm³/mol. The summed E-state index contributed by atoms with van der Waals surface area (Å²) in [5.74, 6) is 0.847. The smallest absolute Gasteiger partial charge is 0.226 e. The molecule has 10 heteroatoms. The van der Waals surface area contributed by atoms with Gasteiger partial charge in [0.05, 0.1) is 0 Å². The van der Waals surface area contributed by atoms with Gasteiger partial charge in [-0.1, -0.05) is 16.5 Å². The average Bonchev–Trinajstić information content (AvgIpc) is 3.31. The van der Waals surface area contributed by atoms with E-state index in [2.05, 4.69) is 30.6 Å². The maximum Gasteiger partial charge on any atom is 0.226 e. The molecule has 0 bridgehead atoms. The van der Waals surface area contributed by atoms with Crippen molar-refractivity contribution in [2.45, 2.75) is 32.3 Å². The lowest BCUT2D eigenvalue weighted by Crippen LogP contribution is -2.11. The van der Waals surface area contributed by atoms with Crippen molar-refractivity contribution in [1.82, 2.24) is 25.3 Å². The molecule has 0 radical (unpaired) electrons. The Balaban J connectivity index is 1.45. The maximum atomic E-state index is 12.0. The number of aromatic nitrogens is 5. The molecule has 26 heavy (non-hydrogen) atoms. The number of carbonyl (C=O) groups is 1. The lowest BCUT2D eigenvalue weighted by Gasteiger charge is -2.02. The number of amides is 1. The first-order valence-corrected chi connectivity index (χ1v) is 8.86. The summed E-state index contributed by atoms with van der Waals surface area (Å²) in [4.78, 5) is 20.3. The van der Waals surface area contributed by atoms with Crippen molar-refractivity contribution in [2.24, 2.45) is 0 Å². The molecule has 1 N–H and O–H groups in total. The van der Waals surface area contributed by atoms with Crippen molar-refractivity contribution in [3.05, 3.63) is 35.4 Å². The van der Waals surface area contributed by atoms with Crippen LogP contribution in [-0.2, 0) is 16.0 Å². The number of aryl methyl sites for hydroxylation is 1. The monoisotopic (exact) mass is 374 g/mol. The van der Waals surface area contributed by atoms with E-state index in [4.69, 9.17) is 9.26 Å². The minimum absolute atomic E-state index is 0.134. The van der Waals surface area contributed by atoms with Crippen LogP contribution >= 0.6 is 11.3 Å². The van der Waals surface area contributed by atoms with Gasteiger partial charge in [-0.25, -0.2) is 0 Å². The molecule has 0 spiro atoms. The molecule has 0 aliphatic carbocycles. The lowest BCUT2D eigenvalue weighted by atomic mass is 10.2. The molecule has 136 valence electrons. The quantitative estimate of drug-likeness (QED) is 0.640. The number of pyridine rings is 1. The number of hydrogen-bond acceptors (Lipinski definition) is 9. The second-order valence-corrected chi connectivity index (χ2v) is 6.49. The van der Waals surface area contributed by atoms with Crippen molar-refractivity contribution in [2.75, 3.05) is 12.4 Å². The zero-order valence-electron chi connectivity index (χ0n) is 14.4. The van der Waals surface area contributed by atoms with Crippen molar-refractivity contribution < 1.29 is 14.1 Å². The second kappa shape index (κ2) is 8.59. The van der Waals surface area contributed by atoms with Gasteiger partial charge >= 0.3 is 0 Å². The summed E-state index contributed by atoms with van der Waals surface area (Å²) in [5.41, 5.74) is 0.789. The van der Waals surface area contributed by atoms with E-state index < -0.39 is 0 Å². The van der Waals surface area contributed by atoms with Crippen LogP contribution < -0.4 is 5.32 Å². The van der Waals surface area contributed by atoms with Crippen LogP contribution in [-0.4, -0.2) is 38.3 Å². The molecule has 0 aromatic carbocycles. The lowest BCUT2D eigenvalue weighted by molar-refractivity contribution is -0.116. The summed E-state index contributed by atoms with van der Waals surface area (Å²) >= 11 is 1.30. The fraction of sp³-hybridized carbons (Fsp3) is 0.375. The highest BCUT2D eigenvalue weighted by atomic mass is 32.1. The SMILES string of the molecule is COC(C)c1nnc(NC(=O)CCCc2nc(-c3cccnc3)no2)s1. The Morgan fingerprint density at radius 1 is 1.42 bits per heavy atom. The van der Waals surface area contributed by atoms with Crippen molar-refractivity contribution in [3.8, 4) is 11.4 Å². The van der Waals surface area contributed by atoms with Gasteiger partial charge in [0.1, 0.15) is 11.1 Å². The molecule has 1 unspecified atom stereocenters. The van der Waals surface area contributed by atoms with Gasteiger partial charge in [0, 0.05) is 37.9 Å². The molecule has 0 saturated carbocycles. The Kier molecular flexibility index (Phi) is 5.97. The van der Waals surface area contributed by atoms with E-state index in [1.807, 2.05) is 19.1 Å². The molecule has 3 heterocycles. The molecule has 3 rings (SSSR count). The van der Waals surface area contributed by atoms with Crippen molar-refractivity contribution in [1.29, 1.82) is 0 Å². The van der Waals surface area contributed by atoms with E-state index in [-0.39, 0.29) is 12.0 Å². The Morgan fingerprint density at radius 2 is 2.31 bits per heavy atom. The number of nitrogens with one attached hydrogen (secondary N) is 1. The largest absolute Gasteiger partial charge is 0.374 e. The first-order chi connectivity index (χ1) is 12.7. The predicted octanol–water partition coefficient (Wildman–Crippen LogP) is 2.65. The average molecular weight is 374 g/mol. The van der Waals surface area contributed by atoms with Crippen LogP contribution in [0.1, 0.15) is 36.8 Å². The Bertz CT molecular complexity index is 851. The van der Waals surface area contributed by atoms with E-state index in [1.165, 1.54) is 11.3 Å². The highest BCUT2D eigenvalue weighted by Gasteiger charge is 2.13. The Morgan fingerprint density at radius 3 is 3.08 bits per heavy atom. The molecule has 1 atom stereocenters. The van der Waals surface area contributed by atoms with Crippen LogP contribution in [0.3, 0.4) is 0 Å². The number of ether oxygens (including phenoxy) is 1. The number of methoxy groups -OCH3 is 1. The summed E-state index contributed by atoms with van der Waals surface area (Å²) < 4.78 is 10.4. The van der Waals surface area contributed by atoms with Crippen LogP contribution in [0.5, 0.6) is 0 Å². The fourth-order valence-corrected chi connectivity index (χ4v) is 2.89. The van der Waals surface area contributed by atoms with Gasteiger partial charge in [-0.2, -0.15) is 4.98 Å². The zero-order chi connectivity index (χ0) is 18.4. The van der Waals surface area contributed by atoms with Crippen LogP contribution in [0.25, 0.3) is 11.4 Å². The number of hydrogen-bond donors (Lipinski definition) is 1. The summed E-state index contributed by atoms with van der Waals surface area (Å²) in [7, 11) is 1.60. The number of anilines is 1. The normalized spacial score (nSPS) is 12.1. The van der Waals surface area contributed by atoms with E-state index in [1.54, 1.807) is 19.5 Å². The van der Waals surface area contributed by atoms with Crippen molar-refractivity contribution >= 4 is 22.4 Å². The van der Waals surface area contributed by atoms with E-state index in [0.717, 1.165) is 10.6 Å². The zero-order valence-corrected chi connectivity index (χ0v) is 15.2. The van der Waals surface area contributed by atoms with E-state index >= 15 is 0 Å². The minimum Gasteiger partial charge on any atom is -0.374 e. The summed E-state index contributed by atoms with van der Waals surface area (Å²) in [5, 5.41) is 15.8. The first-order valence-electron chi connectivity index (χ1n) is 8.04. The molecule has 0 aliphatic rings. The third-order valence-corrected chi connectivity index (χ3v) is 4.57. The van der Waals surface area contributed by atoms with Crippen molar-refractivity contribution in [3.63, 3.8) is 0 Å². The maximum absolute atomic E-state index is 12.0. The molecule has 1 amide bonds. The molecular weight excluding hydrogens is 356 g/mol. The van der Waals surface area contributed by atoms with E-state index in [0.29, 0.717) is 36.1 Å². The summed E-state index contributed by atoms with van der Waals surface area (Å²) in [6.07, 6.45) is 4.62.